The number of anilines is 1. The van der Waals surface area contributed by atoms with Gasteiger partial charge in [0.05, 0.1) is 12.3 Å². The summed E-state index contributed by atoms with van der Waals surface area (Å²) < 4.78 is 5.91. The minimum Gasteiger partial charge on any atom is -0.493 e. The van der Waals surface area contributed by atoms with Crippen LogP contribution in [0, 0.1) is 6.92 Å². The predicted octanol–water partition coefficient (Wildman–Crippen LogP) is 5.94. The van der Waals surface area contributed by atoms with Gasteiger partial charge >= 0.3 is 0 Å². The summed E-state index contributed by atoms with van der Waals surface area (Å²) in [5.74, 6) is 0.608. The molecule has 4 aromatic rings. The number of carbonyl (C=O) groups is 1. The van der Waals surface area contributed by atoms with Crippen LogP contribution in [-0.4, -0.2) is 22.6 Å². The Balaban J connectivity index is 1.33. The van der Waals surface area contributed by atoms with E-state index in [2.05, 4.69) is 47.6 Å². The lowest BCUT2D eigenvalue weighted by atomic mass is 10.00. The van der Waals surface area contributed by atoms with Crippen LogP contribution in [0.2, 0.25) is 0 Å². The summed E-state index contributed by atoms with van der Waals surface area (Å²) in [5, 5.41) is 13.5. The maximum absolute atomic E-state index is 13.1. The molecule has 1 aliphatic rings. The van der Waals surface area contributed by atoms with Gasteiger partial charge in [0.1, 0.15) is 11.9 Å². The van der Waals surface area contributed by atoms with Crippen LogP contribution in [0.4, 0.5) is 5.69 Å². The van der Waals surface area contributed by atoms with Gasteiger partial charge in [-0.25, -0.2) is 0 Å². The second-order valence-corrected chi connectivity index (χ2v) is 8.62. The first-order valence-electron chi connectivity index (χ1n) is 11.6. The van der Waals surface area contributed by atoms with Gasteiger partial charge in [0, 0.05) is 29.4 Å². The fraction of sp³-hybridized carbons (Fsp3) is 0.133. The van der Waals surface area contributed by atoms with Crippen LogP contribution in [0.3, 0.4) is 0 Å². The highest BCUT2D eigenvalue weighted by Gasteiger charge is 2.17. The maximum atomic E-state index is 13.1. The van der Waals surface area contributed by atoms with E-state index < -0.39 is 6.10 Å². The molecule has 1 amide bonds. The van der Waals surface area contributed by atoms with Gasteiger partial charge in [0.25, 0.3) is 5.91 Å². The Labute approximate surface area is 204 Å². The third-order valence-electron chi connectivity index (χ3n) is 6.10. The van der Waals surface area contributed by atoms with Crippen LogP contribution in [0.15, 0.2) is 96.7 Å². The fourth-order valence-electron chi connectivity index (χ4n) is 4.10. The highest BCUT2D eigenvalue weighted by atomic mass is 16.5. The average Bonchev–Trinajstić information content (AvgIpc) is 3.12. The highest BCUT2D eigenvalue weighted by Crippen LogP contribution is 2.31. The molecule has 0 spiro atoms. The summed E-state index contributed by atoms with van der Waals surface area (Å²) in [4.78, 5) is 17.3. The number of ether oxygens (including phenoxy) is 1. The molecule has 1 unspecified atom stereocenters. The van der Waals surface area contributed by atoms with Gasteiger partial charge in [-0.15, -0.1) is 0 Å². The average molecular weight is 463 g/mol. The largest absolute Gasteiger partial charge is 0.493 e. The lowest BCUT2D eigenvalue weighted by Crippen LogP contribution is -2.15. The third kappa shape index (κ3) is 5.15. The second kappa shape index (κ2) is 9.95. The molecule has 3 aromatic carbocycles. The van der Waals surface area contributed by atoms with E-state index in [1.165, 1.54) is 5.56 Å². The molecule has 5 heteroatoms. The minimum atomic E-state index is -0.818. The Morgan fingerprint density at radius 3 is 2.49 bits per heavy atom. The molecule has 5 nitrogen and oxygen atoms in total. The van der Waals surface area contributed by atoms with E-state index in [1.54, 1.807) is 36.5 Å². The molecule has 1 atom stereocenters. The van der Waals surface area contributed by atoms with Gasteiger partial charge in [-0.1, -0.05) is 54.1 Å². The number of benzene rings is 3. The van der Waals surface area contributed by atoms with Crippen molar-refractivity contribution in [3.05, 3.63) is 119 Å². The van der Waals surface area contributed by atoms with Crippen molar-refractivity contribution in [1.29, 1.82) is 0 Å². The Morgan fingerprint density at radius 1 is 0.971 bits per heavy atom. The topological polar surface area (TPSA) is 71.5 Å². The predicted molar refractivity (Wildman–Crippen MR) is 138 cm³/mol. The molecule has 174 valence electrons. The first-order chi connectivity index (χ1) is 17.1. The molecule has 35 heavy (non-hydrogen) atoms. The van der Waals surface area contributed by atoms with E-state index in [0.29, 0.717) is 35.5 Å². The molecule has 5 rings (SSSR count). The zero-order valence-electron chi connectivity index (χ0n) is 19.4. The van der Waals surface area contributed by atoms with E-state index in [1.807, 2.05) is 30.3 Å². The van der Waals surface area contributed by atoms with Gasteiger partial charge in [-0.2, -0.15) is 0 Å². The van der Waals surface area contributed by atoms with E-state index in [4.69, 9.17) is 4.74 Å². The summed E-state index contributed by atoms with van der Waals surface area (Å²) in [6.45, 7) is 2.50. The normalized spacial score (nSPS) is 13.6. The minimum absolute atomic E-state index is 0.166. The number of hydrogen-bond acceptors (Lipinski definition) is 4. The SMILES string of the molecule is Cc1ccc(-c2ccc3c(c2)C=C(C(=O)Nc2ccc(C(O)c4ccccn4)cc2)CCO3)cc1. The summed E-state index contributed by atoms with van der Waals surface area (Å²) in [7, 11) is 0. The molecule has 2 N–H and O–H groups in total. The molecule has 0 bridgehead atoms. The number of aliphatic hydroxyl groups is 1. The monoisotopic (exact) mass is 462 g/mol. The summed E-state index contributed by atoms with van der Waals surface area (Å²) in [6, 6.07) is 27.0. The van der Waals surface area contributed by atoms with Crippen LogP contribution < -0.4 is 10.1 Å². The Bertz CT molecular complexity index is 1360. The molecule has 0 saturated carbocycles. The number of rotatable bonds is 5. The first-order valence-corrected chi connectivity index (χ1v) is 11.6. The van der Waals surface area contributed by atoms with E-state index in [0.717, 1.165) is 22.4 Å². The number of aliphatic hydroxyl groups excluding tert-OH is 1. The number of amides is 1. The van der Waals surface area contributed by atoms with E-state index in [-0.39, 0.29) is 5.91 Å². The highest BCUT2D eigenvalue weighted by molar-refractivity contribution is 6.07. The molecule has 0 aliphatic carbocycles. The molecule has 2 heterocycles. The number of aryl methyl sites for hydroxylation is 1. The lowest BCUT2D eigenvalue weighted by molar-refractivity contribution is -0.113. The van der Waals surface area contributed by atoms with Gasteiger partial charge in [-0.3, -0.25) is 9.78 Å². The second-order valence-electron chi connectivity index (χ2n) is 8.62. The number of pyridine rings is 1. The number of nitrogens with one attached hydrogen (secondary N) is 1. The van der Waals surface area contributed by atoms with Crippen molar-refractivity contribution in [3.8, 4) is 16.9 Å². The van der Waals surface area contributed by atoms with E-state index in [9.17, 15) is 9.90 Å². The smallest absolute Gasteiger partial charge is 0.251 e. The molecule has 0 fully saturated rings. The first kappa shape index (κ1) is 22.6. The standard InChI is InChI=1S/C30H26N2O3/c1-20-5-7-21(8-6-20)23-11-14-28-25(18-23)19-24(15-17-35-28)30(34)32-26-12-9-22(10-13-26)29(33)27-4-2-3-16-31-27/h2-14,16,18-19,29,33H,15,17H2,1H3,(H,32,34). The summed E-state index contributed by atoms with van der Waals surface area (Å²) >= 11 is 0. The zero-order valence-corrected chi connectivity index (χ0v) is 19.4. The van der Waals surface area contributed by atoms with Crippen LogP contribution >= 0.6 is 0 Å². The van der Waals surface area contributed by atoms with Crippen molar-refractivity contribution in [2.24, 2.45) is 0 Å². The fourth-order valence-corrected chi connectivity index (χ4v) is 4.10. The molecule has 1 aliphatic heterocycles. The van der Waals surface area contributed by atoms with Gasteiger partial charge in [0.15, 0.2) is 0 Å². The van der Waals surface area contributed by atoms with Crippen molar-refractivity contribution >= 4 is 17.7 Å². The molecular weight excluding hydrogens is 436 g/mol. The summed E-state index contributed by atoms with van der Waals surface area (Å²) in [6.07, 6.45) is 3.26. The number of nitrogens with zero attached hydrogens (tertiary/aromatic N) is 1. The number of fused-ring (bicyclic) bond motifs is 1. The van der Waals surface area contributed by atoms with Crippen LogP contribution in [-0.2, 0) is 4.79 Å². The van der Waals surface area contributed by atoms with Gasteiger partial charge in [0.2, 0.25) is 0 Å². The maximum Gasteiger partial charge on any atom is 0.251 e. The number of aromatic nitrogens is 1. The van der Waals surface area contributed by atoms with E-state index >= 15 is 0 Å². The van der Waals surface area contributed by atoms with Crippen molar-refractivity contribution in [2.75, 3.05) is 11.9 Å². The number of hydrogen-bond donors (Lipinski definition) is 2. The van der Waals surface area contributed by atoms with Crippen LogP contribution in [0.1, 0.15) is 34.9 Å². The Morgan fingerprint density at radius 2 is 1.74 bits per heavy atom. The Hall–Kier alpha value is -4.22. The van der Waals surface area contributed by atoms with Gasteiger partial charge < -0.3 is 15.2 Å². The molecule has 0 saturated heterocycles. The quantitative estimate of drug-likeness (QED) is 0.385. The van der Waals surface area contributed by atoms with Crippen molar-refractivity contribution in [3.63, 3.8) is 0 Å². The number of carbonyl (C=O) groups excluding carboxylic acids is 1. The van der Waals surface area contributed by atoms with Crippen LogP contribution in [0.25, 0.3) is 17.2 Å². The van der Waals surface area contributed by atoms with Gasteiger partial charge in [-0.05, 0) is 66.1 Å². The van der Waals surface area contributed by atoms with Crippen molar-refractivity contribution < 1.29 is 14.6 Å². The van der Waals surface area contributed by atoms with Crippen molar-refractivity contribution in [2.45, 2.75) is 19.4 Å². The summed E-state index contributed by atoms with van der Waals surface area (Å²) in [5.41, 5.74) is 6.90. The Kier molecular flexibility index (Phi) is 6.42. The third-order valence-corrected chi connectivity index (χ3v) is 6.10. The molecule has 1 aromatic heterocycles. The molecule has 0 radical (unpaired) electrons. The molecular formula is C30H26N2O3. The van der Waals surface area contributed by atoms with Crippen molar-refractivity contribution in [1.82, 2.24) is 4.98 Å². The lowest BCUT2D eigenvalue weighted by Gasteiger charge is -2.12. The van der Waals surface area contributed by atoms with Crippen LogP contribution in [0.5, 0.6) is 5.75 Å². The zero-order chi connectivity index (χ0) is 24.2.